The van der Waals surface area contributed by atoms with E-state index in [1.54, 1.807) is 18.3 Å². The van der Waals surface area contributed by atoms with E-state index in [0.29, 0.717) is 56.5 Å². The largest absolute Gasteiger partial charge is 0.495 e. The molecule has 1 aliphatic heterocycles. The summed E-state index contributed by atoms with van der Waals surface area (Å²) in [7, 11) is 5.14. The number of aryl methyl sites for hydroxylation is 1. The second kappa shape index (κ2) is 13.7. The first-order chi connectivity index (χ1) is 20.2. The van der Waals surface area contributed by atoms with Gasteiger partial charge in [-0.25, -0.2) is 9.97 Å². The summed E-state index contributed by atoms with van der Waals surface area (Å²) in [6.45, 7) is 8.99. The molecular formula is C31H34Cl2N6O3. The van der Waals surface area contributed by atoms with Crippen molar-refractivity contribution in [3.8, 4) is 22.8 Å². The summed E-state index contributed by atoms with van der Waals surface area (Å²) in [6, 6.07) is 11.4. The van der Waals surface area contributed by atoms with Crippen LogP contribution in [0.25, 0.3) is 22.0 Å². The number of nitrogens with one attached hydrogen (secondary N) is 3. The molecule has 0 bridgehead atoms. The standard InChI is InChI=1S/C28H28Cl2N6O3.C3H6/c1-15-6-5-7-19(32-14-37)27(15)35-23-9-18-16(11-31-23)8-20(34-28(18)33-17-12-36(2)13-17)24-25(29)21(38-3)10-22(39-4)26(24)30;1-3-2/h5-11,14,17H,12-13H2,1-4H3,(H,31,35)(H,32,37)(H,33,34);3H,1H2,2H3. The third-order valence-electron chi connectivity index (χ3n) is 6.69. The minimum atomic E-state index is 0.232. The van der Waals surface area contributed by atoms with Crippen LogP contribution < -0.4 is 25.4 Å². The summed E-state index contributed by atoms with van der Waals surface area (Å²) >= 11 is 13.5. The summed E-state index contributed by atoms with van der Waals surface area (Å²) in [5.41, 5.74) is 3.45. The van der Waals surface area contributed by atoms with Gasteiger partial charge in [-0.05, 0) is 44.7 Å². The molecule has 1 amide bonds. The maximum absolute atomic E-state index is 11.1. The van der Waals surface area contributed by atoms with Gasteiger partial charge in [-0.3, -0.25) is 4.79 Å². The monoisotopic (exact) mass is 608 g/mol. The van der Waals surface area contributed by atoms with Crippen LogP contribution in [-0.4, -0.2) is 61.7 Å². The van der Waals surface area contributed by atoms with Crippen LogP contribution >= 0.6 is 23.2 Å². The number of hydrogen-bond acceptors (Lipinski definition) is 8. The normalized spacial score (nSPS) is 12.9. The van der Waals surface area contributed by atoms with E-state index in [2.05, 4.69) is 39.5 Å². The Bertz CT molecular complexity index is 1580. The Morgan fingerprint density at radius 1 is 1.10 bits per heavy atom. The molecule has 0 radical (unpaired) electrons. The molecule has 1 saturated heterocycles. The minimum absolute atomic E-state index is 0.232. The van der Waals surface area contributed by atoms with E-state index >= 15 is 0 Å². The molecular weight excluding hydrogens is 575 g/mol. The van der Waals surface area contributed by atoms with E-state index in [1.807, 2.05) is 44.2 Å². The van der Waals surface area contributed by atoms with Gasteiger partial charge in [0.05, 0.1) is 47.4 Å². The molecule has 3 heterocycles. The third kappa shape index (κ3) is 6.54. The van der Waals surface area contributed by atoms with Gasteiger partial charge < -0.3 is 30.3 Å². The maximum Gasteiger partial charge on any atom is 0.211 e. The van der Waals surface area contributed by atoms with Crippen LogP contribution in [-0.2, 0) is 4.79 Å². The molecule has 5 rings (SSSR count). The Morgan fingerprint density at radius 2 is 1.76 bits per heavy atom. The van der Waals surface area contributed by atoms with Crippen LogP contribution in [0.4, 0.5) is 23.0 Å². The van der Waals surface area contributed by atoms with Gasteiger partial charge in [0.25, 0.3) is 0 Å². The molecule has 2 aromatic heterocycles. The molecule has 3 N–H and O–H groups in total. The Labute approximate surface area is 255 Å². The van der Waals surface area contributed by atoms with Crippen LogP contribution in [0, 0.1) is 6.92 Å². The van der Waals surface area contributed by atoms with Gasteiger partial charge in [-0.2, -0.15) is 0 Å². The molecule has 220 valence electrons. The fraction of sp³-hybridized carbons (Fsp3) is 0.258. The number of likely N-dealkylation sites (N-methyl/N-ethyl adjacent to an activating group) is 1. The number of allylic oxidation sites excluding steroid dienone is 1. The first-order valence-corrected chi connectivity index (χ1v) is 14.0. The van der Waals surface area contributed by atoms with Crippen LogP contribution in [0.3, 0.4) is 0 Å². The molecule has 11 heteroatoms. The molecule has 1 fully saturated rings. The molecule has 9 nitrogen and oxygen atoms in total. The van der Waals surface area contributed by atoms with Gasteiger partial charge >= 0.3 is 0 Å². The number of nitrogens with zero attached hydrogens (tertiary/aromatic N) is 3. The zero-order valence-electron chi connectivity index (χ0n) is 24.2. The lowest BCUT2D eigenvalue weighted by atomic mass is 10.1. The number of anilines is 4. The average Bonchev–Trinajstić information content (AvgIpc) is 2.95. The van der Waals surface area contributed by atoms with Crippen molar-refractivity contribution in [1.82, 2.24) is 14.9 Å². The molecule has 0 unspecified atom stereocenters. The first-order valence-electron chi connectivity index (χ1n) is 13.2. The van der Waals surface area contributed by atoms with Crippen molar-refractivity contribution in [1.29, 1.82) is 0 Å². The number of halogens is 2. The van der Waals surface area contributed by atoms with Crippen molar-refractivity contribution >= 4 is 63.4 Å². The lowest BCUT2D eigenvalue weighted by molar-refractivity contribution is -0.105. The van der Waals surface area contributed by atoms with E-state index in [-0.39, 0.29) is 6.04 Å². The first kappa shape index (κ1) is 30.9. The van der Waals surface area contributed by atoms with Gasteiger partial charge in [0.1, 0.15) is 23.1 Å². The minimum Gasteiger partial charge on any atom is -0.495 e. The van der Waals surface area contributed by atoms with Crippen LogP contribution in [0.5, 0.6) is 11.5 Å². The van der Waals surface area contributed by atoms with Gasteiger partial charge in [0.2, 0.25) is 6.41 Å². The Morgan fingerprint density at radius 3 is 2.36 bits per heavy atom. The topological polar surface area (TPSA) is 101 Å². The highest BCUT2D eigenvalue weighted by molar-refractivity contribution is 6.41. The number of benzene rings is 2. The fourth-order valence-electron chi connectivity index (χ4n) is 4.69. The number of fused-ring (bicyclic) bond motifs is 1. The highest BCUT2D eigenvalue weighted by atomic mass is 35.5. The molecule has 0 aliphatic carbocycles. The lowest BCUT2D eigenvalue weighted by Crippen LogP contribution is -2.52. The zero-order valence-corrected chi connectivity index (χ0v) is 25.7. The molecule has 2 aromatic carbocycles. The predicted octanol–water partition coefficient (Wildman–Crippen LogP) is 7.16. The van der Waals surface area contributed by atoms with Crippen molar-refractivity contribution < 1.29 is 14.3 Å². The second-order valence-electron chi connectivity index (χ2n) is 9.79. The number of ether oxygens (including phenoxy) is 2. The second-order valence-corrected chi connectivity index (χ2v) is 10.5. The SMILES string of the molecule is C=CC.COc1cc(OC)c(Cl)c(-c2cc3cnc(Nc4c(C)cccc4NC=O)cc3c(NC3CN(C)C3)n2)c1Cl. The summed E-state index contributed by atoms with van der Waals surface area (Å²) in [4.78, 5) is 23.0. The average molecular weight is 610 g/mol. The van der Waals surface area contributed by atoms with Gasteiger partial charge in [-0.15, -0.1) is 6.58 Å². The number of carbonyl (C=O) groups excluding carboxylic acids is 1. The maximum atomic E-state index is 11.1. The Hall–Kier alpha value is -4.05. The summed E-state index contributed by atoms with van der Waals surface area (Å²) in [5.74, 6) is 2.14. The van der Waals surface area contributed by atoms with E-state index in [1.165, 1.54) is 14.2 Å². The van der Waals surface area contributed by atoms with Crippen LogP contribution in [0.15, 0.2) is 55.3 Å². The predicted molar refractivity (Wildman–Crippen MR) is 173 cm³/mol. The number of aromatic nitrogens is 2. The molecule has 42 heavy (non-hydrogen) atoms. The van der Waals surface area contributed by atoms with E-state index in [9.17, 15) is 4.79 Å². The molecule has 4 aromatic rings. The zero-order chi connectivity index (χ0) is 30.4. The van der Waals surface area contributed by atoms with E-state index < -0.39 is 0 Å². The number of pyridine rings is 2. The highest BCUT2D eigenvalue weighted by Gasteiger charge is 2.26. The number of hydrogen-bond donors (Lipinski definition) is 3. The molecule has 0 saturated carbocycles. The van der Waals surface area contributed by atoms with Crippen molar-refractivity contribution in [2.24, 2.45) is 0 Å². The number of methoxy groups -OCH3 is 2. The molecule has 0 spiro atoms. The lowest BCUT2D eigenvalue weighted by Gasteiger charge is -2.37. The highest BCUT2D eigenvalue weighted by Crippen LogP contribution is 2.46. The fourth-order valence-corrected chi connectivity index (χ4v) is 5.39. The number of amides is 1. The summed E-state index contributed by atoms with van der Waals surface area (Å²) in [5, 5.41) is 12.1. The smallest absolute Gasteiger partial charge is 0.211 e. The number of para-hydroxylation sites is 1. The van der Waals surface area contributed by atoms with E-state index in [4.69, 9.17) is 37.7 Å². The van der Waals surface area contributed by atoms with E-state index in [0.717, 1.165) is 35.1 Å². The van der Waals surface area contributed by atoms with Crippen molar-refractivity contribution in [2.75, 3.05) is 50.3 Å². The van der Waals surface area contributed by atoms with Gasteiger partial charge in [0, 0.05) is 41.7 Å². The molecule has 0 atom stereocenters. The van der Waals surface area contributed by atoms with Crippen molar-refractivity contribution in [3.63, 3.8) is 0 Å². The Balaban J connectivity index is 0.00000129. The Kier molecular flexibility index (Phi) is 10.1. The summed E-state index contributed by atoms with van der Waals surface area (Å²) in [6.07, 6.45) is 4.17. The molecule has 1 aliphatic rings. The van der Waals surface area contributed by atoms with Crippen LogP contribution in [0.2, 0.25) is 10.0 Å². The van der Waals surface area contributed by atoms with Crippen molar-refractivity contribution in [3.05, 3.63) is 70.9 Å². The van der Waals surface area contributed by atoms with Gasteiger partial charge in [0.15, 0.2) is 0 Å². The quantitative estimate of drug-likeness (QED) is 0.136. The third-order valence-corrected chi connectivity index (χ3v) is 7.44. The van der Waals surface area contributed by atoms with Crippen LogP contribution in [0.1, 0.15) is 12.5 Å². The van der Waals surface area contributed by atoms with Gasteiger partial charge in [-0.1, -0.05) is 41.4 Å². The number of carbonyl (C=O) groups is 1. The number of likely N-dealkylation sites (tertiary alicyclic amines) is 1. The number of rotatable bonds is 9. The summed E-state index contributed by atoms with van der Waals surface area (Å²) < 4.78 is 10.9. The van der Waals surface area contributed by atoms with Crippen molar-refractivity contribution in [2.45, 2.75) is 19.9 Å².